The summed E-state index contributed by atoms with van der Waals surface area (Å²) < 4.78 is 2.39. The molecule has 4 nitrogen and oxygen atoms in total. The summed E-state index contributed by atoms with van der Waals surface area (Å²) in [5.41, 5.74) is 2.66. The van der Waals surface area contributed by atoms with Crippen molar-refractivity contribution in [2.75, 3.05) is 25.5 Å². The summed E-state index contributed by atoms with van der Waals surface area (Å²) in [6.45, 7) is 7.57. The molecule has 16 heavy (non-hydrogen) atoms. The van der Waals surface area contributed by atoms with Crippen molar-refractivity contribution in [2.24, 2.45) is 5.92 Å². The van der Waals surface area contributed by atoms with Gasteiger partial charge in [0.15, 0.2) is 0 Å². The van der Waals surface area contributed by atoms with Crippen molar-refractivity contribution in [2.45, 2.75) is 33.4 Å². The molecule has 0 aliphatic carbocycles. The van der Waals surface area contributed by atoms with Crippen molar-refractivity contribution < 1.29 is 0 Å². The van der Waals surface area contributed by atoms with Gasteiger partial charge < -0.3 is 14.8 Å². The van der Waals surface area contributed by atoms with E-state index in [1.807, 2.05) is 0 Å². The third-order valence-corrected chi connectivity index (χ3v) is 2.91. The van der Waals surface area contributed by atoms with Crippen LogP contribution in [0.25, 0.3) is 0 Å². The third kappa shape index (κ3) is 2.07. The van der Waals surface area contributed by atoms with Crippen LogP contribution in [-0.2, 0) is 19.5 Å². The highest BCUT2D eigenvalue weighted by Gasteiger charge is 2.20. The number of aromatic nitrogens is 2. The molecule has 0 radical (unpaired) electrons. The standard InChI is InChI=1S/C12H22N4/c1-9(2)8-16-11-5-6-13-7-10(11)14-12(16)15(3)4/h9,13H,5-8H2,1-4H3. The largest absolute Gasteiger partial charge is 0.348 e. The first-order valence-electron chi connectivity index (χ1n) is 6.06. The van der Waals surface area contributed by atoms with Gasteiger partial charge >= 0.3 is 0 Å². The highest BCUT2D eigenvalue weighted by atomic mass is 15.3. The van der Waals surface area contributed by atoms with Crippen LogP contribution in [0.15, 0.2) is 0 Å². The number of nitrogens with zero attached hydrogens (tertiary/aromatic N) is 3. The van der Waals surface area contributed by atoms with Crippen LogP contribution in [0.4, 0.5) is 5.95 Å². The van der Waals surface area contributed by atoms with Gasteiger partial charge in [0, 0.05) is 45.8 Å². The topological polar surface area (TPSA) is 33.1 Å². The first-order chi connectivity index (χ1) is 7.59. The number of anilines is 1. The molecule has 1 aromatic rings. The molecule has 0 bridgehead atoms. The fourth-order valence-electron chi connectivity index (χ4n) is 2.25. The van der Waals surface area contributed by atoms with Crippen LogP contribution >= 0.6 is 0 Å². The van der Waals surface area contributed by atoms with Crippen LogP contribution in [0.2, 0.25) is 0 Å². The minimum Gasteiger partial charge on any atom is -0.348 e. The van der Waals surface area contributed by atoms with E-state index in [1.54, 1.807) is 0 Å². The van der Waals surface area contributed by atoms with E-state index in [0.717, 1.165) is 32.0 Å². The number of hydrogen-bond acceptors (Lipinski definition) is 3. The Balaban J connectivity index is 2.40. The van der Waals surface area contributed by atoms with Crippen LogP contribution in [-0.4, -0.2) is 30.2 Å². The van der Waals surface area contributed by atoms with Gasteiger partial charge in [0.25, 0.3) is 0 Å². The molecule has 0 fully saturated rings. The number of nitrogens with one attached hydrogen (secondary N) is 1. The summed E-state index contributed by atoms with van der Waals surface area (Å²) in [5.74, 6) is 1.76. The van der Waals surface area contributed by atoms with Gasteiger partial charge in [-0.25, -0.2) is 4.98 Å². The van der Waals surface area contributed by atoms with Gasteiger partial charge in [0.05, 0.1) is 5.69 Å². The Kier molecular flexibility index (Phi) is 3.19. The predicted octanol–water partition coefficient (Wildman–Crippen LogP) is 1.25. The average molecular weight is 222 g/mol. The van der Waals surface area contributed by atoms with Crippen molar-refractivity contribution in [3.05, 3.63) is 11.4 Å². The molecular formula is C12H22N4. The van der Waals surface area contributed by atoms with Gasteiger partial charge in [-0.05, 0) is 5.92 Å². The van der Waals surface area contributed by atoms with Crippen LogP contribution < -0.4 is 10.2 Å². The Morgan fingerprint density at radius 2 is 2.19 bits per heavy atom. The van der Waals surface area contributed by atoms with Gasteiger partial charge in [0.2, 0.25) is 5.95 Å². The molecule has 90 valence electrons. The first-order valence-corrected chi connectivity index (χ1v) is 6.06. The van der Waals surface area contributed by atoms with E-state index >= 15 is 0 Å². The third-order valence-electron chi connectivity index (χ3n) is 2.91. The van der Waals surface area contributed by atoms with Gasteiger partial charge in [-0.3, -0.25) is 0 Å². The van der Waals surface area contributed by atoms with E-state index < -0.39 is 0 Å². The lowest BCUT2D eigenvalue weighted by atomic mass is 10.1. The van der Waals surface area contributed by atoms with Crippen molar-refractivity contribution in [3.8, 4) is 0 Å². The van der Waals surface area contributed by atoms with E-state index in [4.69, 9.17) is 4.98 Å². The molecular weight excluding hydrogens is 200 g/mol. The number of hydrogen-bond donors (Lipinski definition) is 1. The molecule has 0 amide bonds. The summed E-state index contributed by atoms with van der Waals surface area (Å²) in [6, 6.07) is 0. The second-order valence-corrected chi connectivity index (χ2v) is 5.13. The smallest absolute Gasteiger partial charge is 0.205 e. The predicted molar refractivity (Wildman–Crippen MR) is 66.8 cm³/mol. The molecule has 0 aromatic carbocycles. The van der Waals surface area contributed by atoms with Crippen LogP contribution in [0.3, 0.4) is 0 Å². The normalized spacial score (nSPS) is 15.3. The maximum Gasteiger partial charge on any atom is 0.205 e. The molecule has 2 rings (SSSR count). The van der Waals surface area contributed by atoms with Gasteiger partial charge in [-0.15, -0.1) is 0 Å². The van der Waals surface area contributed by atoms with Crippen molar-refractivity contribution >= 4 is 5.95 Å². The van der Waals surface area contributed by atoms with E-state index in [9.17, 15) is 0 Å². The second kappa shape index (κ2) is 4.45. The van der Waals surface area contributed by atoms with Crippen LogP contribution in [0.1, 0.15) is 25.2 Å². The maximum atomic E-state index is 4.73. The number of rotatable bonds is 3. The SMILES string of the molecule is CC(C)Cn1c(N(C)C)nc2c1CCNC2. The highest BCUT2D eigenvalue weighted by molar-refractivity contribution is 5.37. The van der Waals surface area contributed by atoms with E-state index in [0.29, 0.717) is 5.92 Å². The highest BCUT2D eigenvalue weighted by Crippen LogP contribution is 2.22. The quantitative estimate of drug-likeness (QED) is 0.835. The lowest BCUT2D eigenvalue weighted by Gasteiger charge is -2.19. The zero-order valence-corrected chi connectivity index (χ0v) is 10.7. The molecule has 1 N–H and O–H groups in total. The number of imidazole rings is 1. The molecule has 2 heterocycles. The summed E-state index contributed by atoms with van der Waals surface area (Å²) in [5, 5.41) is 3.38. The Morgan fingerprint density at radius 1 is 1.44 bits per heavy atom. The molecule has 0 saturated carbocycles. The fraction of sp³-hybridized carbons (Fsp3) is 0.750. The van der Waals surface area contributed by atoms with Gasteiger partial charge in [-0.2, -0.15) is 0 Å². The fourth-order valence-corrected chi connectivity index (χ4v) is 2.25. The summed E-state index contributed by atoms with van der Waals surface area (Å²) in [7, 11) is 4.14. The zero-order chi connectivity index (χ0) is 11.7. The Hall–Kier alpha value is -1.03. The monoisotopic (exact) mass is 222 g/mol. The van der Waals surface area contributed by atoms with Crippen molar-refractivity contribution in [1.29, 1.82) is 0 Å². The number of fused-ring (bicyclic) bond motifs is 1. The minimum absolute atomic E-state index is 0.659. The lowest BCUT2D eigenvalue weighted by molar-refractivity contribution is 0.498. The molecule has 0 unspecified atom stereocenters. The van der Waals surface area contributed by atoms with Gasteiger partial charge in [0.1, 0.15) is 0 Å². The van der Waals surface area contributed by atoms with E-state index in [-0.39, 0.29) is 0 Å². The Morgan fingerprint density at radius 3 is 2.81 bits per heavy atom. The molecule has 0 spiro atoms. The lowest BCUT2D eigenvalue weighted by Crippen LogP contribution is -2.25. The minimum atomic E-state index is 0.659. The summed E-state index contributed by atoms with van der Waals surface area (Å²) in [6.07, 6.45) is 1.10. The van der Waals surface area contributed by atoms with Crippen molar-refractivity contribution in [3.63, 3.8) is 0 Å². The maximum absolute atomic E-state index is 4.73. The molecule has 0 atom stereocenters. The molecule has 1 aliphatic heterocycles. The molecule has 1 aliphatic rings. The molecule has 4 heteroatoms. The van der Waals surface area contributed by atoms with Crippen molar-refractivity contribution in [1.82, 2.24) is 14.9 Å². The summed E-state index contributed by atoms with van der Waals surface area (Å²) >= 11 is 0. The first kappa shape index (κ1) is 11.5. The van der Waals surface area contributed by atoms with Gasteiger partial charge in [-0.1, -0.05) is 13.8 Å². The molecule has 1 aromatic heterocycles. The van der Waals surface area contributed by atoms with E-state index in [1.165, 1.54) is 11.4 Å². The Labute approximate surface area is 97.7 Å². The van der Waals surface area contributed by atoms with Crippen LogP contribution in [0.5, 0.6) is 0 Å². The average Bonchev–Trinajstić information content (AvgIpc) is 2.57. The van der Waals surface area contributed by atoms with E-state index in [2.05, 4.69) is 42.7 Å². The summed E-state index contributed by atoms with van der Waals surface area (Å²) in [4.78, 5) is 6.84. The second-order valence-electron chi connectivity index (χ2n) is 5.13. The zero-order valence-electron chi connectivity index (χ0n) is 10.7. The Bertz CT molecular complexity index is 365. The molecule has 0 saturated heterocycles. The van der Waals surface area contributed by atoms with Crippen LogP contribution in [0, 0.1) is 5.92 Å².